The van der Waals surface area contributed by atoms with E-state index < -0.39 is 0 Å². The number of nitrogens with one attached hydrogen (secondary N) is 2. The molecule has 0 unspecified atom stereocenters. The van der Waals surface area contributed by atoms with Crippen LogP contribution in [0.1, 0.15) is 48.5 Å². The summed E-state index contributed by atoms with van der Waals surface area (Å²) in [5.41, 5.74) is 4.30. The van der Waals surface area contributed by atoms with E-state index in [1.54, 1.807) is 18.2 Å². The van der Waals surface area contributed by atoms with Gasteiger partial charge in [-0.2, -0.15) is 0 Å². The summed E-state index contributed by atoms with van der Waals surface area (Å²) in [4.78, 5) is 27.2. The van der Waals surface area contributed by atoms with Crippen molar-refractivity contribution in [2.24, 2.45) is 0 Å². The molecule has 0 fully saturated rings. The lowest BCUT2D eigenvalue weighted by molar-refractivity contribution is 0.0952. The van der Waals surface area contributed by atoms with Crippen LogP contribution in [0.15, 0.2) is 54.6 Å². The number of anilines is 1. The molecular weight excluding hydrogens is 368 g/mol. The molecule has 4 nitrogen and oxygen atoms in total. The molecule has 0 spiro atoms. The van der Waals surface area contributed by atoms with Gasteiger partial charge < -0.3 is 10.6 Å². The Balaban J connectivity index is 1.71. The number of carbonyl (C=O) groups excluding carboxylic acids is 2. The highest BCUT2D eigenvalue weighted by molar-refractivity contribution is 7.14. The molecule has 2 N–H and O–H groups in total. The molecular formula is C23H24N2O2S. The number of para-hydroxylation sites is 1. The maximum atomic E-state index is 12.7. The molecule has 5 heteroatoms. The van der Waals surface area contributed by atoms with E-state index in [0.29, 0.717) is 22.7 Å². The van der Waals surface area contributed by atoms with E-state index in [-0.39, 0.29) is 11.8 Å². The van der Waals surface area contributed by atoms with Crippen LogP contribution < -0.4 is 10.6 Å². The third-order valence-corrected chi connectivity index (χ3v) is 5.94. The fourth-order valence-corrected chi connectivity index (χ4v) is 3.95. The van der Waals surface area contributed by atoms with E-state index in [4.69, 9.17) is 0 Å². The van der Waals surface area contributed by atoms with Crippen LogP contribution in [0.25, 0.3) is 0 Å². The van der Waals surface area contributed by atoms with Gasteiger partial charge in [0.25, 0.3) is 11.8 Å². The molecule has 0 aliphatic heterocycles. The van der Waals surface area contributed by atoms with Crippen LogP contribution in [0.4, 0.5) is 5.69 Å². The second-order valence-electron chi connectivity index (χ2n) is 6.74. The van der Waals surface area contributed by atoms with Crippen LogP contribution in [-0.4, -0.2) is 11.8 Å². The summed E-state index contributed by atoms with van der Waals surface area (Å²) in [5.74, 6) is -0.403. The fraction of sp³-hybridized carbons (Fsp3) is 0.217. The summed E-state index contributed by atoms with van der Waals surface area (Å²) < 4.78 is 0. The first-order chi connectivity index (χ1) is 13.5. The molecule has 0 aliphatic rings. The zero-order valence-corrected chi connectivity index (χ0v) is 17.2. The highest BCUT2D eigenvalue weighted by Crippen LogP contribution is 2.24. The lowest BCUT2D eigenvalue weighted by Gasteiger charge is -2.11. The molecule has 2 amide bonds. The van der Waals surface area contributed by atoms with Gasteiger partial charge in [0.1, 0.15) is 0 Å². The summed E-state index contributed by atoms with van der Waals surface area (Å²) >= 11 is 1.50. The summed E-state index contributed by atoms with van der Waals surface area (Å²) in [6.07, 6.45) is 0.905. The van der Waals surface area contributed by atoms with Crippen LogP contribution in [0.3, 0.4) is 0 Å². The summed E-state index contributed by atoms with van der Waals surface area (Å²) in [6, 6.07) is 17.0. The molecule has 2 aromatic carbocycles. The molecule has 3 aromatic rings. The third kappa shape index (κ3) is 4.67. The summed E-state index contributed by atoms with van der Waals surface area (Å²) in [6.45, 7) is 6.55. The van der Waals surface area contributed by atoms with Crippen molar-refractivity contribution >= 4 is 28.8 Å². The molecule has 0 atom stereocenters. The number of rotatable bonds is 6. The molecule has 28 heavy (non-hydrogen) atoms. The first-order valence-electron chi connectivity index (χ1n) is 9.31. The lowest BCUT2D eigenvalue weighted by atomic mass is 10.1. The largest absolute Gasteiger partial charge is 0.348 e. The average Bonchev–Trinajstić information content (AvgIpc) is 3.08. The topological polar surface area (TPSA) is 58.2 Å². The van der Waals surface area contributed by atoms with E-state index in [2.05, 4.69) is 17.6 Å². The van der Waals surface area contributed by atoms with Crippen molar-refractivity contribution in [1.82, 2.24) is 5.32 Å². The third-order valence-electron chi connectivity index (χ3n) is 4.56. The standard InChI is InChI=1S/C23H24N2O2S/c1-4-20-16(3)13-21(28-20)23(27)25-19-8-6-5-7-18(19)22(26)24-14-17-11-9-15(2)10-12-17/h5-13H,4,14H2,1-3H3,(H,24,26)(H,25,27). The van der Waals surface area contributed by atoms with Crippen LogP contribution in [0, 0.1) is 13.8 Å². The van der Waals surface area contributed by atoms with Gasteiger partial charge in [0.15, 0.2) is 0 Å². The monoisotopic (exact) mass is 392 g/mol. The lowest BCUT2D eigenvalue weighted by Crippen LogP contribution is -2.24. The smallest absolute Gasteiger partial charge is 0.265 e. The van der Waals surface area contributed by atoms with E-state index >= 15 is 0 Å². The Kier molecular flexibility index (Phi) is 6.26. The van der Waals surface area contributed by atoms with Crippen molar-refractivity contribution in [3.8, 4) is 0 Å². The van der Waals surface area contributed by atoms with Crippen molar-refractivity contribution in [3.05, 3.63) is 86.6 Å². The van der Waals surface area contributed by atoms with Crippen LogP contribution >= 0.6 is 11.3 Å². The first kappa shape index (κ1) is 19.8. The van der Waals surface area contributed by atoms with Gasteiger partial charge in [-0.3, -0.25) is 9.59 Å². The van der Waals surface area contributed by atoms with Gasteiger partial charge >= 0.3 is 0 Å². The molecule has 0 aliphatic carbocycles. The van der Waals surface area contributed by atoms with Crippen LogP contribution in [-0.2, 0) is 13.0 Å². The van der Waals surface area contributed by atoms with E-state index in [1.165, 1.54) is 21.8 Å². The number of amides is 2. The molecule has 0 radical (unpaired) electrons. The van der Waals surface area contributed by atoms with Crippen LogP contribution in [0.2, 0.25) is 0 Å². The molecule has 144 valence electrons. The Morgan fingerprint density at radius 2 is 1.68 bits per heavy atom. The highest BCUT2D eigenvalue weighted by atomic mass is 32.1. The number of hydrogen-bond acceptors (Lipinski definition) is 3. The number of carbonyl (C=O) groups is 2. The Bertz CT molecular complexity index is 990. The zero-order valence-electron chi connectivity index (χ0n) is 16.3. The Morgan fingerprint density at radius 1 is 0.964 bits per heavy atom. The van der Waals surface area contributed by atoms with Gasteiger partial charge in [-0.15, -0.1) is 11.3 Å². The highest BCUT2D eigenvalue weighted by Gasteiger charge is 2.16. The van der Waals surface area contributed by atoms with E-state index in [0.717, 1.165) is 17.5 Å². The molecule has 0 saturated heterocycles. The van der Waals surface area contributed by atoms with E-state index in [1.807, 2.05) is 50.2 Å². The molecule has 0 bridgehead atoms. The minimum atomic E-state index is -0.215. The number of hydrogen-bond donors (Lipinski definition) is 2. The second-order valence-corrected chi connectivity index (χ2v) is 7.88. The Morgan fingerprint density at radius 3 is 2.36 bits per heavy atom. The van der Waals surface area contributed by atoms with Crippen molar-refractivity contribution < 1.29 is 9.59 Å². The maximum absolute atomic E-state index is 12.7. The van der Waals surface area contributed by atoms with Crippen molar-refractivity contribution in [2.45, 2.75) is 33.7 Å². The summed E-state index contributed by atoms with van der Waals surface area (Å²) in [7, 11) is 0. The summed E-state index contributed by atoms with van der Waals surface area (Å²) in [5, 5.41) is 5.81. The molecule has 1 heterocycles. The first-order valence-corrected chi connectivity index (χ1v) is 10.1. The average molecular weight is 393 g/mol. The quantitative estimate of drug-likeness (QED) is 0.612. The van der Waals surface area contributed by atoms with Crippen molar-refractivity contribution in [1.29, 1.82) is 0 Å². The van der Waals surface area contributed by atoms with Crippen molar-refractivity contribution in [2.75, 3.05) is 5.32 Å². The van der Waals surface area contributed by atoms with Crippen molar-refractivity contribution in [3.63, 3.8) is 0 Å². The van der Waals surface area contributed by atoms with Gasteiger partial charge in [0.05, 0.1) is 16.1 Å². The number of benzene rings is 2. The normalized spacial score (nSPS) is 10.5. The minimum absolute atomic E-state index is 0.188. The molecule has 0 saturated carbocycles. The van der Waals surface area contributed by atoms with Gasteiger partial charge in [0.2, 0.25) is 0 Å². The SMILES string of the molecule is CCc1sc(C(=O)Nc2ccccc2C(=O)NCc2ccc(C)cc2)cc1C. The number of thiophene rings is 1. The minimum Gasteiger partial charge on any atom is -0.348 e. The second kappa shape index (κ2) is 8.85. The number of aryl methyl sites for hydroxylation is 3. The predicted octanol–water partition coefficient (Wildman–Crippen LogP) is 5.11. The van der Waals surface area contributed by atoms with Gasteiger partial charge in [0, 0.05) is 11.4 Å². The van der Waals surface area contributed by atoms with Gasteiger partial charge in [-0.1, -0.05) is 48.9 Å². The predicted molar refractivity (Wildman–Crippen MR) is 115 cm³/mol. The Labute approximate surface area is 169 Å². The Hall–Kier alpha value is -2.92. The van der Waals surface area contributed by atoms with Crippen LogP contribution in [0.5, 0.6) is 0 Å². The van der Waals surface area contributed by atoms with E-state index in [9.17, 15) is 9.59 Å². The van der Waals surface area contributed by atoms with Gasteiger partial charge in [-0.25, -0.2) is 0 Å². The maximum Gasteiger partial charge on any atom is 0.265 e. The zero-order chi connectivity index (χ0) is 20.1. The molecule has 1 aromatic heterocycles. The van der Waals surface area contributed by atoms with Gasteiger partial charge in [-0.05, 0) is 49.6 Å². The molecule has 3 rings (SSSR count). The fourth-order valence-electron chi connectivity index (χ4n) is 2.94.